The van der Waals surface area contributed by atoms with Gasteiger partial charge in [-0.25, -0.2) is 8.42 Å². The lowest BCUT2D eigenvalue weighted by molar-refractivity contribution is 0.414. The number of rotatable bonds is 7. The van der Waals surface area contributed by atoms with Crippen molar-refractivity contribution >= 4 is 27.1 Å². The van der Waals surface area contributed by atoms with Gasteiger partial charge in [0.25, 0.3) is 10.0 Å². The number of anilines is 3. The Morgan fingerprint density at radius 1 is 0.852 bits per heavy atom. The Morgan fingerprint density at radius 2 is 1.48 bits per heavy atom. The zero-order valence-corrected chi connectivity index (χ0v) is 16.1. The molecule has 27 heavy (non-hydrogen) atoms. The van der Waals surface area contributed by atoms with Gasteiger partial charge in [-0.3, -0.25) is 4.72 Å². The van der Waals surface area contributed by atoms with Crippen molar-refractivity contribution in [2.24, 2.45) is 0 Å². The summed E-state index contributed by atoms with van der Waals surface area (Å²) in [6.07, 6.45) is 0.933. The molecule has 0 amide bonds. The fourth-order valence-electron chi connectivity index (χ4n) is 2.70. The molecule has 2 N–H and O–H groups in total. The van der Waals surface area contributed by atoms with Gasteiger partial charge in [-0.05, 0) is 66.6 Å². The lowest BCUT2D eigenvalue weighted by atomic mass is 10.1. The minimum atomic E-state index is -3.65. The zero-order valence-electron chi connectivity index (χ0n) is 15.3. The molecule has 5 nitrogen and oxygen atoms in total. The minimum absolute atomic E-state index is 0.183. The van der Waals surface area contributed by atoms with E-state index in [1.165, 1.54) is 24.8 Å². The van der Waals surface area contributed by atoms with Gasteiger partial charge in [0, 0.05) is 17.1 Å². The number of sulfonamides is 1. The molecule has 0 heterocycles. The normalized spacial score (nSPS) is 11.0. The molecule has 3 aromatic carbocycles. The van der Waals surface area contributed by atoms with Crippen LogP contribution in [0.2, 0.25) is 0 Å². The van der Waals surface area contributed by atoms with Crippen molar-refractivity contribution in [3.63, 3.8) is 0 Å². The van der Waals surface area contributed by atoms with E-state index in [9.17, 15) is 8.42 Å². The van der Waals surface area contributed by atoms with Crippen LogP contribution in [0.25, 0.3) is 0 Å². The van der Waals surface area contributed by atoms with Crippen LogP contribution in [0.4, 0.5) is 17.1 Å². The van der Waals surface area contributed by atoms with Crippen molar-refractivity contribution in [1.29, 1.82) is 0 Å². The van der Waals surface area contributed by atoms with E-state index in [1.807, 2.05) is 30.3 Å². The highest BCUT2D eigenvalue weighted by Gasteiger charge is 2.14. The number of methoxy groups -OCH3 is 1. The van der Waals surface area contributed by atoms with Crippen molar-refractivity contribution in [3.8, 4) is 5.75 Å². The van der Waals surface area contributed by atoms with Crippen LogP contribution in [0.15, 0.2) is 77.7 Å². The number of benzene rings is 3. The first-order valence-corrected chi connectivity index (χ1v) is 10.1. The van der Waals surface area contributed by atoms with Gasteiger partial charge in [0.05, 0.1) is 12.0 Å². The van der Waals surface area contributed by atoms with E-state index in [0.717, 1.165) is 17.8 Å². The van der Waals surface area contributed by atoms with E-state index in [-0.39, 0.29) is 4.90 Å². The molecule has 3 rings (SSSR count). The van der Waals surface area contributed by atoms with Gasteiger partial charge < -0.3 is 10.1 Å². The molecule has 3 aromatic rings. The molecule has 0 unspecified atom stereocenters. The second-order valence-corrected chi connectivity index (χ2v) is 7.68. The highest BCUT2D eigenvalue weighted by molar-refractivity contribution is 7.92. The molecule has 140 valence electrons. The number of para-hydroxylation sites is 1. The maximum absolute atomic E-state index is 12.5. The summed E-state index contributed by atoms with van der Waals surface area (Å²) in [6, 6.07) is 21.5. The molecule has 0 atom stereocenters. The molecular formula is C21H22N2O3S. The Morgan fingerprint density at radius 3 is 2.11 bits per heavy atom. The standard InChI is InChI=1S/C21H22N2O3S/c1-3-16-6-4-5-7-21(16)22-17-8-10-18(11-9-17)23-27(24,25)20-14-12-19(26-2)13-15-20/h4-15,22-23H,3H2,1-2H3. The van der Waals surface area contributed by atoms with Crippen molar-refractivity contribution in [3.05, 3.63) is 78.4 Å². The number of ether oxygens (including phenoxy) is 1. The number of nitrogens with one attached hydrogen (secondary N) is 2. The molecule has 0 aromatic heterocycles. The van der Waals surface area contributed by atoms with E-state index in [0.29, 0.717) is 11.4 Å². The van der Waals surface area contributed by atoms with Crippen LogP contribution < -0.4 is 14.8 Å². The van der Waals surface area contributed by atoms with Crippen LogP contribution in [0.1, 0.15) is 12.5 Å². The maximum Gasteiger partial charge on any atom is 0.261 e. The molecule has 6 heteroatoms. The Bertz CT molecular complexity index is 998. The molecule has 0 spiro atoms. The smallest absolute Gasteiger partial charge is 0.261 e. The van der Waals surface area contributed by atoms with Gasteiger partial charge in [-0.15, -0.1) is 0 Å². The molecule has 0 fully saturated rings. The van der Waals surface area contributed by atoms with E-state index in [2.05, 4.69) is 23.0 Å². The van der Waals surface area contributed by atoms with E-state index >= 15 is 0 Å². The average Bonchev–Trinajstić information content (AvgIpc) is 2.70. The third-order valence-electron chi connectivity index (χ3n) is 4.18. The zero-order chi connectivity index (χ0) is 19.3. The van der Waals surface area contributed by atoms with E-state index in [4.69, 9.17) is 4.74 Å². The van der Waals surface area contributed by atoms with Gasteiger partial charge in [0.1, 0.15) is 5.75 Å². The van der Waals surface area contributed by atoms with Crippen molar-refractivity contribution in [2.45, 2.75) is 18.2 Å². The van der Waals surface area contributed by atoms with Gasteiger partial charge >= 0.3 is 0 Å². The monoisotopic (exact) mass is 382 g/mol. The summed E-state index contributed by atoms with van der Waals surface area (Å²) in [5.74, 6) is 0.608. The van der Waals surface area contributed by atoms with Crippen LogP contribution in [-0.2, 0) is 16.4 Å². The Hall–Kier alpha value is -2.99. The summed E-state index contributed by atoms with van der Waals surface area (Å²) in [6.45, 7) is 2.11. The minimum Gasteiger partial charge on any atom is -0.497 e. The van der Waals surface area contributed by atoms with Crippen molar-refractivity contribution < 1.29 is 13.2 Å². The lowest BCUT2D eigenvalue weighted by Gasteiger charge is -2.12. The van der Waals surface area contributed by atoms with E-state index in [1.54, 1.807) is 24.3 Å². The number of aryl methyl sites for hydroxylation is 1. The Balaban J connectivity index is 1.73. The van der Waals surface area contributed by atoms with Crippen LogP contribution in [-0.4, -0.2) is 15.5 Å². The van der Waals surface area contributed by atoms with Gasteiger partial charge in [0.15, 0.2) is 0 Å². The van der Waals surface area contributed by atoms with Crippen LogP contribution in [0.5, 0.6) is 5.75 Å². The Labute approximate surface area is 160 Å². The first-order chi connectivity index (χ1) is 13.0. The summed E-state index contributed by atoms with van der Waals surface area (Å²) in [5.41, 5.74) is 3.66. The fraction of sp³-hybridized carbons (Fsp3) is 0.143. The molecule has 0 saturated heterocycles. The first-order valence-electron chi connectivity index (χ1n) is 8.63. The topological polar surface area (TPSA) is 67.4 Å². The van der Waals surface area contributed by atoms with Crippen LogP contribution in [0, 0.1) is 0 Å². The second-order valence-electron chi connectivity index (χ2n) is 5.99. The SMILES string of the molecule is CCc1ccccc1Nc1ccc(NS(=O)(=O)c2ccc(OC)cc2)cc1. The molecular weight excluding hydrogens is 360 g/mol. The predicted octanol–water partition coefficient (Wildman–Crippen LogP) is 4.80. The highest BCUT2D eigenvalue weighted by Crippen LogP contribution is 2.24. The molecule has 0 aliphatic carbocycles. The summed E-state index contributed by atoms with van der Waals surface area (Å²) >= 11 is 0. The highest BCUT2D eigenvalue weighted by atomic mass is 32.2. The predicted molar refractivity (Wildman–Crippen MR) is 109 cm³/mol. The molecule has 0 radical (unpaired) electrons. The molecule has 0 aliphatic heterocycles. The molecule has 0 aliphatic rings. The van der Waals surface area contributed by atoms with Crippen LogP contribution in [0.3, 0.4) is 0 Å². The Kier molecular flexibility index (Phi) is 5.66. The summed E-state index contributed by atoms with van der Waals surface area (Å²) in [7, 11) is -2.11. The van der Waals surface area contributed by atoms with Crippen molar-refractivity contribution in [2.75, 3.05) is 17.1 Å². The first kappa shape index (κ1) is 18.8. The van der Waals surface area contributed by atoms with E-state index < -0.39 is 10.0 Å². The lowest BCUT2D eigenvalue weighted by Crippen LogP contribution is -2.12. The third kappa shape index (κ3) is 4.60. The summed E-state index contributed by atoms with van der Waals surface area (Å²) < 4.78 is 32.6. The fourth-order valence-corrected chi connectivity index (χ4v) is 3.76. The maximum atomic E-state index is 12.5. The van der Waals surface area contributed by atoms with Crippen molar-refractivity contribution in [1.82, 2.24) is 0 Å². The van der Waals surface area contributed by atoms with Crippen LogP contribution >= 0.6 is 0 Å². The summed E-state index contributed by atoms with van der Waals surface area (Å²) in [4.78, 5) is 0.183. The average molecular weight is 382 g/mol. The van der Waals surface area contributed by atoms with Gasteiger partial charge in [-0.2, -0.15) is 0 Å². The molecule has 0 saturated carbocycles. The summed E-state index contributed by atoms with van der Waals surface area (Å²) in [5, 5.41) is 3.37. The number of hydrogen-bond donors (Lipinski definition) is 2. The van der Waals surface area contributed by atoms with Gasteiger partial charge in [-0.1, -0.05) is 25.1 Å². The second kappa shape index (κ2) is 8.14. The van der Waals surface area contributed by atoms with Gasteiger partial charge in [0.2, 0.25) is 0 Å². The number of hydrogen-bond acceptors (Lipinski definition) is 4. The third-order valence-corrected chi connectivity index (χ3v) is 5.58. The largest absolute Gasteiger partial charge is 0.497 e. The molecule has 0 bridgehead atoms. The quantitative estimate of drug-likeness (QED) is 0.616.